The summed E-state index contributed by atoms with van der Waals surface area (Å²) in [6, 6.07) is 0. The molecule has 1 rings (SSSR count). The van der Waals surface area contributed by atoms with Crippen LogP contribution in [0.3, 0.4) is 0 Å². The number of hydrogen-bond donors (Lipinski definition) is 0. The van der Waals surface area contributed by atoms with Crippen LogP contribution in [0.1, 0.15) is 73.6 Å². The van der Waals surface area contributed by atoms with E-state index in [1.807, 2.05) is 26.0 Å². The van der Waals surface area contributed by atoms with Crippen LogP contribution < -0.4 is 0 Å². The number of ether oxygens (including phenoxy) is 4. The van der Waals surface area contributed by atoms with E-state index in [0.717, 1.165) is 6.42 Å². The van der Waals surface area contributed by atoms with Gasteiger partial charge in [-0.25, -0.2) is 0 Å². The minimum Gasteiger partial charge on any atom is -0.465 e. The fourth-order valence-corrected chi connectivity index (χ4v) is 3.27. The zero-order valence-electron chi connectivity index (χ0n) is 22.5. The maximum atomic E-state index is 12.1. The third-order valence-corrected chi connectivity index (χ3v) is 5.07. The maximum absolute atomic E-state index is 12.1. The first-order valence-electron chi connectivity index (χ1n) is 12.3. The van der Waals surface area contributed by atoms with Crippen molar-refractivity contribution in [1.82, 2.24) is 0 Å². The molecule has 0 aromatic heterocycles. The molecule has 0 aromatic carbocycles. The summed E-state index contributed by atoms with van der Waals surface area (Å²) in [4.78, 5) is 47.8. The Bertz CT molecular complexity index is 720. The second kappa shape index (κ2) is 22.1. The number of esters is 4. The van der Waals surface area contributed by atoms with Crippen molar-refractivity contribution in [1.29, 1.82) is 0 Å². The van der Waals surface area contributed by atoms with Crippen LogP contribution in [0, 0.1) is 10.8 Å². The summed E-state index contributed by atoms with van der Waals surface area (Å²) in [6.07, 6.45) is 9.27. The smallest absolute Gasteiger partial charge is 0.324 e. The first-order chi connectivity index (χ1) is 17.3. The Morgan fingerprint density at radius 3 is 1.57 bits per heavy atom. The lowest BCUT2D eigenvalue weighted by Crippen LogP contribution is -2.41. The van der Waals surface area contributed by atoms with E-state index in [9.17, 15) is 19.2 Å². The molecule has 0 atom stereocenters. The van der Waals surface area contributed by atoms with Gasteiger partial charge in [0.25, 0.3) is 0 Å². The van der Waals surface area contributed by atoms with E-state index in [0.29, 0.717) is 25.9 Å². The van der Waals surface area contributed by atoms with E-state index >= 15 is 0 Å². The molecule has 0 bridgehead atoms. The lowest BCUT2D eigenvalue weighted by molar-refractivity contribution is -0.173. The standard InChI is InChI=1S/C14H22O4.C12H18O4.C2H4.CH4/c1-5-9-14(10-6-2,12(15)17-8-4)13(16)18-11-7-3;1-3-9-16-11(14)12(7-5-6-8-12)10(13)15-4-2;1-2;/h5-6H,1-2,7-11H2,3-4H3;5-6H,3-4,7-9H2,1-2H3;1-2H2;1H4. The normalized spacial score (nSPS) is 12.6. The summed E-state index contributed by atoms with van der Waals surface area (Å²) >= 11 is 0. The highest BCUT2D eigenvalue weighted by atomic mass is 16.6. The predicted molar refractivity (Wildman–Crippen MR) is 147 cm³/mol. The number of hydrogen-bond acceptors (Lipinski definition) is 8. The second-order valence-electron chi connectivity index (χ2n) is 7.74. The van der Waals surface area contributed by atoms with E-state index in [1.54, 1.807) is 13.8 Å². The highest BCUT2D eigenvalue weighted by Crippen LogP contribution is 2.36. The lowest BCUT2D eigenvalue weighted by atomic mass is 9.81. The Morgan fingerprint density at radius 2 is 1.16 bits per heavy atom. The Kier molecular flexibility index (Phi) is 22.9. The van der Waals surface area contributed by atoms with Gasteiger partial charge in [0, 0.05) is 0 Å². The van der Waals surface area contributed by atoms with Crippen molar-refractivity contribution in [2.45, 2.75) is 73.6 Å². The minimum absolute atomic E-state index is 0. The summed E-state index contributed by atoms with van der Waals surface area (Å²) in [5, 5.41) is 0. The van der Waals surface area contributed by atoms with Crippen LogP contribution in [0.15, 0.2) is 50.6 Å². The first kappa shape index (κ1) is 38.4. The van der Waals surface area contributed by atoms with Gasteiger partial charge in [-0.3, -0.25) is 19.2 Å². The van der Waals surface area contributed by atoms with Crippen molar-refractivity contribution < 1.29 is 38.1 Å². The van der Waals surface area contributed by atoms with Crippen molar-refractivity contribution in [2.24, 2.45) is 10.8 Å². The van der Waals surface area contributed by atoms with Crippen molar-refractivity contribution in [2.75, 3.05) is 26.4 Å². The highest BCUT2D eigenvalue weighted by molar-refractivity contribution is 6.01. The van der Waals surface area contributed by atoms with Crippen molar-refractivity contribution >= 4 is 23.9 Å². The van der Waals surface area contributed by atoms with E-state index < -0.39 is 34.7 Å². The van der Waals surface area contributed by atoms with E-state index in [-0.39, 0.29) is 40.1 Å². The minimum atomic E-state index is -1.34. The third-order valence-electron chi connectivity index (χ3n) is 5.07. The Labute approximate surface area is 223 Å². The molecule has 0 fully saturated rings. The molecule has 8 heteroatoms. The average Bonchev–Trinajstić information content (AvgIpc) is 3.39. The van der Waals surface area contributed by atoms with Gasteiger partial charge in [0.2, 0.25) is 0 Å². The van der Waals surface area contributed by atoms with Gasteiger partial charge in [0.15, 0.2) is 10.8 Å². The maximum Gasteiger partial charge on any atom is 0.324 e. The summed E-state index contributed by atoms with van der Waals surface area (Å²) in [7, 11) is 0. The number of carbonyl (C=O) groups is 4. The number of allylic oxidation sites excluding steroid dienone is 4. The molecular formula is C29H48O8. The molecule has 212 valence electrons. The lowest BCUT2D eigenvalue weighted by Gasteiger charge is -2.26. The molecule has 0 spiro atoms. The average molecular weight is 525 g/mol. The summed E-state index contributed by atoms with van der Waals surface area (Å²) < 4.78 is 20.1. The fourth-order valence-electron chi connectivity index (χ4n) is 3.27. The third kappa shape index (κ3) is 11.6. The second-order valence-corrected chi connectivity index (χ2v) is 7.74. The molecular weight excluding hydrogens is 476 g/mol. The van der Waals surface area contributed by atoms with E-state index in [1.165, 1.54) is 12.2 Å². The van der Waals surface area contributed by atoms with Crippen LogP contribution in [0.2, 0.25) is 0 Å². The number of rotatable bonds is 14. The predicted octanol–water partition coefficient (Wildman–Crippen LogP) is 5.92. The topological polar surface area (TPSA) is 105 Å². The van der Waals surface area contributed by atoms with Crippen LogP contribution in [-0.4, -0.2) is 50.3 Å². The molecule has 0 saturated carbocycles. The molecule has 8 nitrogen and oxygen atoms in total. The summed E-state index contributed by atoms with van der Waals surface area (Å²) in [6.45, 7) is 21.5. The molecule has 1 aliphatic carbocycles. The van der Waals surface area contributed by atoms with Gasteiger partial charge < -0.3 is 18.9 Å². The monoisotopic (exact) mass is 524 g/mol. The molecule has 0 N–H and O–H groups in total. The number of carbonyl (C=O) groups excluding carboxylic acids is 4. The Hall–Kier alpha value is -3.16. The van der Waals surface area contributed by atoms with Crippen molar-refractivity contribution in [3.63, 3.8) is 0 Å². The van der Waals surface area contributed by atoms with Gasteiger partial charge in [-0.15, -0.1) is 26.3 Å². The quantitative estimate of drug-likeness (QED) is 0.119. The summed E-state index contributed by atoms with van der Waals surface area (Å²) in [5.74, 6) is -2.08. The van der Waals surface area contributed by atoms with Gasteiger partial charge in [0.05, 0.1) is 26.4 Å². The largest absolute Gasteiger partial charge is 0.465 e. The van der Waals surface area contributed by atoms with Gasteiger partial charge >= 0.3 is 23.9 Å². The summed E-state index contributed by atoms with van der Waals surface area (Å²) in [5.41, 5.74) is -2.46. The van der Waals surface area contributed by atoms with Crippen molar-refractivity contribution in [3.05, 3.63) is 50.6 Å². The Balaban J connectivity index is -0.000000573. The van der Waals surface area contributed by atoms with Crippen LogP contribution in [-0.2, 0) is 38.1 Å². The van der Waals surface area contributed by atoms with Crippen LogP contribution >= 0.6 is 0 Å². The fraction of sp³-hybridized carbons (Fsp3) is 0.586. The van der Waals surface area contributed by atoms with E-state index in [2.05, 4.69) is 26.3 Å². The molecule has 37 heavy (non-hydrogen) atoms. The molecule has 0 radical (unpaired) electrons. The molecule has 0 saturated heterocycles. The van der Waals surface area contributed by atoms with Crippen LogP contribution in [0.4, 0.5) is 0 Å². The zero-order chi connectivity index (χ0) is 28.0. The molecule has 0 unspecified atom stereocenters. The molecule has 0 amide bonds. The SMILES string of the molecule is C.C=C.C=CCC(CC=C)(C(=O)OCC)C(=O)OCCC.CCCOC(=O)C1(C(=O)OCC)CC=CC1. The molecule has 0 aliphatic heterocycles. The molecule has 0 heterocycles. The van der Waals surface area contributed by atoms with Crippen LogP contribution in [0.25, 0.3) is 0 Å². The van der Waals surface area contributed by atoms with Gasteiger partial charge in [-0.2, -0.15) is 0 Å². The highest BCUT2D eigenvalue weighted by Gasteiger charge is 2.49. The van der Waals surface area contributed by atoms with E-state index in [4.69, 9.17) is 18.9 Å². The van der Waals surface area contributed by atoms with Gasteiger partial charge in [0.1, 0.15) is 0 Å². The Morgan fingerprint density at radius 1 is 0.757 bits per heavy atom. The zero-order valence-corrected chi connectivity index (χ0v) is 22.5. The molecule has 1 aliphatic rings. The van der Waals surface area contributed by atoms with Gasteiger partial charge in [-0.05, 0) is 52.4 Å². The molecule has 0 aromatic rings. The first-order valence-corrected chi connectivity index (χ1v) is 12.3. The van der Waals surface area contributed by atoms with Crippen molar-refractivity contribution in [3.8, 4) is 0 Å². The van der Waals surface area contributed by atoms with Crippen LogP contribution in [0.5, 0.6) is 0 Å². The van der Waals surface area contributed by atoms with Gasteiger partial charge in [-0.1, -0.05) is 45.6 Å².